The fourth-order valence-corrected chi connectivity index (χ4v) is 1.16. The van der Waals surface area contributed by atoms with Gasteiger partial charge in [0.05, 0.1) is 11.0 Å². The molecule has 0 unspecified atom stereocenters. The highest BCUT2D eigenvalue weighted by molar-refractivity contribution is 5.79. The third-order valence-electron chi connectivity index (χ3n) is 1.77. The van der Waals surface area contributed by atoms with Gasteiger partial charge in [-0.15, -0.1) is 0 Å². The lowest BCUT2D eigenvalue weighted by Crippen LogP contribution is -2.06. The minimum Gasteiger partial charge on any atom is -0.500 e. The lowest BCUT2D eigenvalue weighted by molar-refractivity contribution is -0.386. The summed E-state index contributed by atoms with van der Waals surface area (Å²) in [6, 6.07) is 2.25. The quantitative estimate of drug-likeness (QED) is 0.480. The van der Waals surface area contributed by atoms with E-state index in [1.807, 2.05) is 0 Å². The van der Waals surface area contributed by atoms with Gasteiger partial charge in [-0.05, 0) is 19.9 Å². The van der Waals surface area contributed by atoms with Crippen LogP contribution in [0.3, 0.4) is 0 Å². The molecule has 0 saturated carbocycles. The van der Waals surface area contributed by atoms with E-state index < -0.39 is 16.4 Å². The summed E-state index contributed by atoms with van der Waals surface area (Å²) in [5, 5.41) is 20.1. The van der Waals surface area contributed by atoms with E-state index in [4.69, 9.17) is 4.74 Å². The number of aldehydes is 1. The molecule has 0 aromatic heterocycles. The number of phenols is 1. The highest BCUT2D eigenvalue weighted by atomic mass is 16.6. The molecule has 0 atom stereocenters. The summed E-state index contributed by atoms with van der Waals surface area (Å²) in [4.78, 5) is 20.4. The molecule has 1 N–H and O–H groups in total. The molecule has 0 heterocycles. The number of carbonyl (C=O) groups excluding carboxylic acids is 1. The Morgan fingerprint density at radius 1 is 1.50 bits per heavy atom. The summed E-state index contributed by atoms with van der Waals surface area (Å²) < 4.78 is 5.16. The van der Waals surface area contributed by atoms with Gasteiger partial charge in [0.15, 0.2) is 5.75 Å². The Balaban J connectivity index is 3.31. The van der Waals surface area contributed by atoms with E-state index in [1.54, 1.807) is 13.8 Å². The lowest BCUT2D eigenvalue weighted by Gasteiger charge is -2.11. The van der Waals surface area contributed by atoms with Crippen molar-refractivity contribution < 1.29 is 19.6 Å². The van der Waals surface area contributed by atoms with Crippen LogP contribution in [0.2, 0.25) is 0 Å². The average Bonchev–Trinajstić information content (AvgIpc) is 2.19. The van der Waals surface area contributed by atoms with E-state index in [9.17, 15) is 20.0 Å². The van der Waals surface area contributed by atoms with Gasteiger partial charge in [0.25, 0.3) is 0 Å². The first-order valence-electron chi connectivity index (χ1n) is 4.59. The van der Waals surface area contributed by atoms with E-state index in [1.165, 1.54) is 6.07 Å². The van der Waals surface area contributed by atoms with E-state index >= 15 is 0 Å². The number of nitro groups is 1. The Morgan fingerprint density at radius 2 is 2.12 bits per heavy atom. The van der Waals surface area contributed by atoms with Crippen LogP contribution in [0.25, 0.3) is 0 Å². The smallest absolute Gasteiger partial charge is 0.315 e. The number of carbonyl (C=O) groups is 1. The average molecular weight is 225 g/mol. The fourth-order valence-electron chi connectivity index (χ4n) is 1.16. The van der Waals surface area contributed by atoms with E-state index in [0.29, 0.717) is 6.29 Å². The maximum absolute atomic E-state index is 10.6. The van der Waals surface area contributed by atoms with Gasteiger partial charge < -0.3 is 9.84 Å². The topological polar surface area (TPSA) is 89.7 Å². The first kappa shape index (κ1) is 12.0. The predicted octanol–water partition coefficient (Wildman–Crippen LogP) is 1.90. The van der Waals surface area contributed by atoms with Crippen molar-refractivity contribution in [2.75, 3.05) is 0 Å². The molecule has 0 fully saturated rings. The monoisotopic (exact) mass is 225 g/mol. The molecule has 0 spiro atoms. The third-order valence-corrected chi connectivity index (χ3v) is 1.77. The molecule has 0 bridgehead atoms. The summed E-state index contributed by atoms with van der Waals surface area (Å²) in [5.74, 6) is -0.629. The highest BCUT2D eigenvalue weighted by Crippen LogP contribution is 2.37. The van der Waals surface area contributed by atoms with Gasteiger partial charge in [0, 0.05) is 11.6 Å². The Labute approximate surface area is 91.6 Å². The molecule has 0 aliphatic heterocycles. The second-order valence-electron chi connectivity index (χ2n) is 3.43. The maximum Gasteiger partial charge on any atom is 0.315 e. The number of aromatic hydroxyl groups is 1. The lowest BCUT2D eigenvalue weighted by atomic mass is 10.2. The second kappa shape index (κ2) is 4.61. The fraction of sp³-hybridized carbons (Fsp3) is 0.300. The van der Waals surface area contributed by atoms with Crippen molar-refractivity contribution >= 4 is 12.0 Å². The minimum atomic E-state index is -0.768. The molecular formula is C10H11NO5. The molecule has 0 radical (unpaired) electrons. The molecule has 0 amide bonds. The van der Waals surface area contributed by atoms with E-state index in [2.05, 4.69) is 0 Å². The Kier molecular flexibility index (Phi) is 3.44. The standard InChI is InChI=1S/C10H11NO5/c1-6(2)16-9-4-7(5-12)3-8(10(9)13)11(14)15/h3-6,13H,1-2H3. The largest absolute Gasteiger partial charge is 0.500 e. The number of benzene rings is 1. The van der Waals surface area contributed by atoms with Gasteiger partial charge in [-0.25, -0.2) is 0 Å². The van der Waals surface area contributed by atoms with Gasteiger partial charge in [0.2, 0.25) is 5.75 Å². The number of nitro benzene ring substituents is 1. The summed E-state index contributed by atoms with van der Waals surface area (Å²) in [6.07, 6.45) is 0.201. The molecule has 6 heteroatoms. The van der Waals surface area contributed by atoms with Crippen LogP contribution in [0.4, 0.5) is 5.69 Å². The number of hydrogen-bond donors (Lipinski definition) is 1. The van der Waals surface area contributed by atoms with Crippen LogP contribution < -0.4 is 4.74 Å². The number of hydrogen-bond acceptors (Lipinski definition) is 5. The zero-order valence-electron chi connectivity index (χ0n) is 8.84. The molecular weight excluding hydrogens is 214 g/mol. The molecule has 16 heavy (non-hydrogen) atoms. The van der Waals surface area contributed by atoms with Crippen LogP contribution in [0.1, 0.15) is 24.2 Å². The molecule has 86 valence electrons. The Bertz CT molecular complexity index is 427. The molecule has 1 aromatic rings. The summed E-state index contributed by atoms with van der Waals surface area (Å²) in [6.45, 7) is 3.41. The van der Waals surface area contributed by atoms with Crippen LogP contribution >= 0.6 is 0 Å². The Morgan fingerprint density at radius 3 is 2.56 bits per heavy atom. The molecule has 1 rings (SSSR count). The summed E-state index contributed by atoms with van der Waals surface area (Å²) in [7, 11) is 0. The van der Waals surface area contributed by atoms with Crippen molar-refractivity contribution in [2.24, 2.45) is 0 Å². The number of ether oxygens (including phenoxy) is 1. The van der Waals surface area contributed by atoms with Crippen molar-refractivity contribution in [1.29, 1.82) is 0 Å². The van der Waals surface area contributed by atoms with Gasteiger partial charge >= 0.3 is 5.69 Å². The van der Waals surface area contributed by atoms with Gasteiger partial charge in [0.1, 0.15) is 6.29 Å². The second-order valence-corrected chi connectivity index (χ2v) is 3.43. The third kappa shape index (κ3) is 2.47. The molecule has 0 saturated heterocycles. The number of nitrogens with zero attached hydrogens (tertiary/aromatic N) is 1. The number of rotatable bonds is 4. The van der Waals surface area contributed by atoms with Crippen LogP contribution in [-0.4, -0.2) is 22.4 Å². The van der Waals surface area contributed by atoms with E-state index in [0.717, 1.165) is 6.07 Å². The molecule has 0 aliphatic rings. The van der Waals surface area contributed by atoms with Crippen LogP contribution in [-0.2, 0) is 0 Å². The zero-order valence-corrected chi connectivity index (χ0v) is 8.84. The van der Waals surface area contributed by atoms with Crippen molar-refractivity contribution in [3.63, 3.8) is 0 Å². The maximum atomic E-state index is 10.6. The normalized spacial score (nSPS) is 10.2. The van der Waals surface area contributed by atoms with Gasteiger partial charge in [-0.2, -0.15) is 0 Å². The first-order valence-corrected chi connectivity index (χ1v) is 4.59. The highest BCUT2D eigenvalue weighted by Gasteiger charge is 2.20. The van der Waals surface area contributed by atoms with Crippen molar-refractivity contribution in [1.82, 2.24) is 0 Å². The van der Waals surface area contributed by atoms with Crippen LogP contribution in [0, 0.1) is 10.1 Å². The number of phenolic OH excluding ortho intramolecular Hbond substituents is 1. The van der Waals surface area contributed by atoms with Crippen molar-refractivity contribution in [2.45, 2.75) is 20.0 Å². The summed E-state index contributed by atoms with van der Waals surface area (Å²) in [5.41, 5.74) is -0.458. The van der Waals surface area contributed by atoms with E-state index in [-0.39, 0.29) is 17.4 Å². The predicted molar refractivity (Wildman–Crippen MR) is 55.9 cm³/mol. The zero-order chi connectivity index (χ0) is 12.3. The van der Waals surface area contributed by atoms with Gasteiger partial charge in [-0.1, -0.05) is 0 Å². The first-order chi connectivity index (χ1) is 7.45. The molecule has 1 aromatic carbocycles. The Hall–Kier alpha value is -2.11. The molecule has 0 aliphatic carbocycles. The van der Waals surface area contributed by atoms with Crippen molar-refractivity contribution in [3.8, 4) is 11.5 Å². The summed E-state index contributed by atoms with van der Waals surface area (Å²) >= 11 is 0. The van der Waals surface area contributed by atoms with Crippen LogP contribution in [0.5, 0.6) is 11.5 Å². The van der Waals surface area contributed by atoms with Gasteiger partial charge in [-0.3, -0.25) is 14.9 Å². The van der Waals surface area contributed by atoms with Crippen molar-refractivity contribution in [3.05, 3.63) is 27.8 Å². The molecule has 6 nitrogen and oxygen atoms in total. The van der Waals surface area contributed by atoms with Crippen LogP contribution in [0.15, 0.2) is 12.1 Å². The SMILES string of the molecule is CC(C)Oc1cc(C=O)cc([N+](=O)[O-])c1O. The minimum absolute atomic E-state index is 0.0636.